The number of carbonyl (C=O) groups is 2. The topological polar surface area (TPSA) is 73.7 Å². The molecule has 33 heavy (non-hydrogen) atoms. The minimum atomic E-state index is -0.537. The summed E-state index contributed by atoms with van der Waals surface area (Å²) < 4.78 is 15.3. The number of piperidine rings is 1. The van der Waals surface area contributed by atoms with Crippen molar-refractivity contribution in [2.24, 2.45) is 0 Å². The fourth-order valence-corrected chi connectivity index (χ4v) is 5.28. The van der Waals surface area contributed by atoms with Gasteiger partial charge >= 0.3 is 6.03 Å². The Labute approximate surface area is 197 Å². The number of aromatic nitrogens is 2. The van der Waals surface area contributed by atoms with Gasteiger partial charge in [-0.3, -0.25) is 14.4 Å². The number of likely N-dealkylation sites (tertiary alicyclic amines) is 1. The van der Waals surface area contributed by atoms with E-state index in [2.05, 4.69) is 10.2 Å². The molecule has 8 nitrogen and oxygen atoms in total. The zero-order valence-electron chi connectivity index (χ0n) is 18.7. The van der Waals surface area contributed by atoms with Gasteiger partial charge < -0.3 is 15.1 Å². The van der Waals surface area contributed by atoms with E-state index in [0.717, 1.165) is 24.3 Å². The molecule has 10 heteroatoms. The van der Waals surface area contributed by atoms with Crippen molar-refractivity contribution in [3.8, 4) is 0 Å². The van der Waals surface area contributed by atoms with E-state index in [9.17, 15) is 14.0 Å². The van der Waals surface area contributed by atoms with Crippen LogP contribution in [0.25, 0.3) is 0 Å². The quantitative estimate of drug-likeness (QED) is 0.725. The monoisotopic (exact) mass is 474 g/mol. The summed E-state index contributed by atoms with van der Waals surface area (Å²) >= 11 is 5.83. The third kappa shape index (κ3) is 4.31. The Balaban J connectivity index is 1.36. The number of carbonyl (C=O) groups excluding carboxylic acids is 2. The van der Waals surface area contributed by atoms with E-state index in [1.54, 1.807) is 9.80 Å². The first kappa shape index (κ1) is 22.2. The van der Waals surface area contributed by atoms with Crippen LogP contribution in [0.2, 0.25) is 5.02 Å². The average molecular weight is 475 g/mol. The Kier molecular flexibility index (Phi) is 6.01. The lowest BCUT2D eigenvalue weighted by atomic mass is 10.0. The Hall–Kier alpha value is -2.65. The SMILES string of the molecule is CN1CC(N2CCCCC2)Cn2nc3c(c2C1=O)CN(C(=O)Nc1ccc(F)c(Cl)c1)CC3. The van der Waals surface area contributed by atoms with E-state index in [4.69, 9.17) is 16.7 Å². The van der Waals surface area contributed by atoms with Crippen LogP contribution in [0.5, 0.6) is 0 Å². The van der Waals surface area contributed by atoms with Crippen LogP contribution < -0.4 is 5.32 Å². The lowest BCUT2D eigenvalue weighted by molar-refractivity contribution is 0.0727. The van der Waals surface area contributed by atoms with Crippen LogP contribution in [0.1, 0.15) is 41.0 Å². The number of likely N-dealkylation sites (N-methyl/N-ethyl adjacent to an activating group) is 1. The molecule has 3 amide bonds. The summed E-state index contributed by atoms with van der Waals surface area (Å²) in [6.45, 7) is 4.27. The maximum atomic E-state index is 13.4. The van der Waals surface area contributed by atoms with Gasteiger partial charge in [-0.1, -0.05) is 18.0 Å². The van der Waals surface area contributed by atoms with Gasteiger partial charge in [-0.15, -0.1) is 0 Å². The van der Waals surface area contributed by atoms with E-state index in [0.29, 0.717) is 44.0 Å². The van der Waals surface area contributed by atoms with E-state index >= 15 is 0 Å². The first-order valence-corrected chi connectivity index (χ1v) is 11.9. The normalized spacial score (nSPS) is 21.4. The van der Waals surface area contributed by atoms with Gasteiger partial charge in [-0.05, 0) is 44.1 Å². The summed E-state index contributed by atoms with van der Waals surface area (Å²) in [5.74, 6) is -0.582. The molecule has 0 saturated carbocycles. The summed E-state index contributed by atoms with van der Waals surface area (Å²) in [4.78, 5) is 32.1. The maximum Gasteiger partial charge on any atom is 0.322 e. The Morgan fingerprint density at radius 2 is 1.97 bits per heavy atom. The van der Waals surface area contributed by atoms with E-state index < -0.39 is 5.82 Å². The molecule has 2 aromatic rings. The largest absolute Gasteiger partial charge is 0.339 e. The van der Waals surface area contributed by atoms with Crippen LogP contribution in [-0.2, 0) is 19.5 Å². The molecule has 3 aliphatic rings. The minimum Gasteiger partial charge on any atom is -0.339 e. The fraction of sp³-hybridized carbons (Fsp3) is 0.522. The number of fused-ring (bicyclic) bond motifs is 3. The molecule has 3 aliphatic heterocycles. The molecular formula is C23H28ClFN6O2. The Morgan fingerprint density at radius 1 is 1.18 bits per heavy atom. The third-order valence-electron chi connectivity index (χ3n) is 6.88. The molecule has 176 valence electrons. The first-order chi connectivity index (χ1) is 15.9. The van der Waals surface area contributed by atoms with Crippen molar-refractivity contribution in [3.05, 3.63) is 46.0 Å². The average Bonchev–Trinajstić information content (AvgIpc) is 3.12. The van der Waals surface area contributed by atoms with Crippen molar-refractivity contribution in [1.29, 1.82) is 0 Å². The maximum absolute atomic E-state index is 13.4. The number of nitrogens with one attached hydrogen (secondary N) is 1. The molecule has 0 aliphatic carbocycles. The number of nitrogens with zero attached hydrogens (tertiary/aromatic N) is 5. The highest BCUT2D eigenvalue weighted by atomic mass is 35.5. The predicted molar refractivity (Wildman–Crippen MR) is 123 cm³/mol. The number of anilines is 1. The lowest BCUT2D eigenvalue weighted by Gasteiger charge is -2.35. The van der Waals surface area contributed by atoms with Gasteiger partial charge in [-0.2, -0.15) is 5.10 Å². The Morgan fingerprint density at radius 3 is 2.73 bits per heavy atom. The van der Waals surface area contributed by atoms with Crippen LogP contribution in [-0.4, -0.2) is 75.7 Å². The van der Waals surface area contributed by atoms with Crippen LogP contribution in [0.15, 0.2) is 18.2 Å². The van der Waals surface area contributed by atoms with Gasteiger partial charge in [0, 0.05) is 43.9 Å². The minimum absolute atomic E-state index is 0.0455. The fourth-order valence-electron chi connectivity index (χ4n) is 5.10. The van der Waals surface area contributed by atoms with Gasteiger partial charge in [0.15, 0.2) is 0 Å². The van der Waals surface area contributed by atoms with Gasteiger partial charge in [0.05, 0.1) is 23.8 Å². The Bertz CT molecular complexity index is 1080. The van der Waals surface area contributed by atoms with E-state index in [-0.39, 0.29) is 23.0 Å². The molecule has 0 bridgehead atoms. The van der Waals surface area contributed by atoms with Crippen molar-refractivity contribution in [1.82, 2.24) is 24.5 Å². The van der Waals surface area contributed by atoms with Crippen molar-refractivity contribution in [2.75, 3.05) is 38.5 Å². The summed E-state index contributed by atoms with van der Waals surface area (Å²) in [7, 11) is 1.85. The van der Waals surface area contributed by atoms with Crippen LogP contribution in [0, 0.1) is 5.82 Å². The van der Waals surface area contributed by atoms with Gasteiger partial charge in [0.25, 0.3) is 5.91 Å². The van der Waals surface area contributed by atoms with Crippen LogP contribution in [0.4, 0.5) is 14.9 Å². The molecule has 1 saturated heterocycles. The number of amides is 3. The zero-order valence-corrected chi connectivity index (χ0v) is 19.4. The number of urea groups is 1. The number of rotatable bonds is 2. The number of hydrogen-bond donors (Lipinski definition) is 1. The number of benzene rings is 1. The molecule has 0 spiro atoms. The molecule has 1 aromatic heterocycles. The van der Waals surface area contributed by atoms with Crippen LogP contribution in [0.3, 0.4) is 0 Å². The second-order valence-electron chi connectivity index (χ2n) is 9.12. The van der Waals surface area contributed by atoms with Crippen molar-refractivity contribution < 1.29 is 14.0 Å². The summed E-state index contributed by atoms with van der Waals surface area (Å²) in [5.41, 5.74) is 2.73. The highest BCUT2D eigenvalue weighted by Gasteiger charge is 2.36. The number of halogens is 2. The molecule has 1 unspecified atom stereocenters. The summed E-state index contributed by atoms with van der Waals surface area (Å²) in [6, 6.07) is 4.00. The molecule has 4 heterocycles. The molecule has 5 rings (SSSR count). The molecule has 1 fully saturated rings. The molecule has 1 N–H and O–H groups in total. The smallest absolute Gasteiger partial charge is 0.322 e. The standard InChI is InChI=1S/C23H28ClFN6O2/c1-28-12-16(29-8-3-2-4-9-29)13-31-21(22(28)32)17-14-30(10-7-20(17)27-31)23(33)26-15-5-6-19(25)18(24)11-15/h5-6,11,16H,2-4,7-10,12-14H2,1H3,(H,26,33). The van der Waals surface area contributed by atoms with Gasteiger partial charge in [0.2, 0.25) is 0 Å². The van der Waals surface area contributed by atoms with Crippen molar-refractivity contribution in [2.45, 2.75) is 44.8 Å². The van der Waals surface area contributed by atoms with E-state index in [1.807, 2.05) is 11.7 Å². The second kappa shape index (κ2) is 8.95. The van der Waals surface area contributed by atoms with Gasteiger partial charge in [-0.25, -0.2) is 9.18 Å². The zero-order chi connectivity index (χ0) is 23.1. The summed E-state index contributed by atoms with van der Waals surface area (Å²) in [6.07, 6.45) is 4.24. The molecule has 1 atom stereocenters. The second-order valence-corrected chi connectivity index (χ2v) is 9.53. The highest BCUT2D eigenvalue weighted by Crippen LogP contribution is 2.28. The predicted octanol–water partition coefficient (Wildman–Crippen LogP) is 3.21. The first-order valence-electron chi connectivity index (χ1n) is 11.5. The van der Waals surface area contributed by atoms with Crippen molar-refractivity contribution >= 4 is 29.2 Å². The third-order valence-corrected chi connectivity index (χ3v) is 7.17. The number of hydrogen-bond acceptors (Lipinski definition) is 4. The molecule has 0 radical (unpaired) electrons. The summed E-state index contributed by atoms with van der Waals surface area (Å²) in [5, 5.41) is 7.53. The van der Waals surface area contributed by atoms with Crippen molar-refractivity contribution in [3.63, 3.8) is 0 Å². The van der Waals surface area contributed by atoms with E-state index in [1.165, 1.54) is 37.5 Å². The molecule has 1 aromatic carbocycles. The lowest BCUT2D eigenvalue weighted by Crippen LogP contribution is -2.47. The van der Waals surface area contributed by atoms with Crippen LogP contribution >= 0.6 is 11.6 Å². The molecular weight excluding hydrogens is 447 g/mol. The highest BCUT2D eigenvalue weighted by molar-refractivity contribution is 6.31. The van der Waals surface area contributed by atoms with Gasteiger partial charge in [0.1, 0.15) is 11.5 Å².